The fraction of sp³-hybridized carbons (Fsp3) is 0.467. The van der Waals surface area contributed by atoms with E-state index in [9.17, 15) is 9.90 Å². The Kier molecular flexibility index (Phi) is 3.97. The maximum atomic E-state index is 11.5. The van der Waals surface area contributed by atoms with Crippen LogP contribution in [0.1, 0.15) is 19.4 Å². The van der Waals surface area contributed by atoms with Gasteiger partial charge >= 0.3 is 6.09 Å². The summed E-state index contributed by atoms with van der Waals surface area (Å²) in [7, 11) is 1.48. The van der Waals surface area contributed by atoms with Crippen LogP contribution in [0, 0.1) is 5.41 Å². The predicted molar refractivity (Wildman–Crippen MR) is 76.9 cm³/mol. The van der Waals surface area contributed by atoms with Crippen molar-refractivity contribution < 1.29 is 14.7 Å². The molecule has 1 aromatic carbocycles. The monoisotopic (exact) mass is 276 g/mol. The molecule has 1 aliphatic rings. The van der Waals surface area contributed by atoms with Gasteiger partial charge in [-0.2, -0.15) is 0 Å². The number of carbonyl (C=O) groups is 1. The summed E-state index contributed by atoms with van der Waals surface area (Å²) in [5, 5.41) is 13.4. The molecular formula is C15H20N2O3. The Morgan fingerprint density at radius 2 is 2.10 bits per heavy atom. The van der Waals surface area contributed by atoms with Crippen LogP contribution in [0.4, 0.5) is 4.79 Å². The molecule has 0 radical (unpaired) electrons. The predicted octanol–water partition coefficient (Wildman–Crippen LogP) is 2.62. The summed E-state index contributed by atoms with van der Waals surface area (Å²) in [6.45, 7) is 4.33. The van der Waals surface area contributed by atoms with E-state index in [0.717, 1.165) is 11.3 Å². The second kappa shape index (κ2) is 5.53. The first kappa shape index (κ1) is 14.4. The zero-order valence-electron chi connectivity index (χ0n) is 12.0. The van der Waals surface area contributed by atoms with Gasteiger partial charge in [-0.25, -0.2) is 4.79 Å². The topological polar surface area (TPSA) is 62.1 Å². The lowest BCUT2D eigenvalue weighted by Gasteiger charge is -2.30. The van der Waals surface area contributed by atoms with Gasteiger partial charge in [-0.1, -0.05) is 49.3 Å². The third kappa shape index (κ3) is 2.61. The van der Waals surface area contributed by atoms with E-state index in [4.69, 9.17) is 4.84 Å². The fourth-order valence-electron chi connectivity index (χ4n) is 2.72. The van der Waals surface area contributed by atoms with Gasteiger partial charge < -0.3 is 9.94 Å². The highest BCUT2D eigenvalue weighted by Crippen LogP contribution is 2.36. The van der Waals surface area contributed by atoms with Gasteiger partial charge in [0.05, 0.1) is 12.3 Å². The maximum Gasteiger partial charge on any atom is 0.407 e. The van der Waals surface area contributed by atoms with E-state index in [-0.39, 0.29) is 11.5 Å². The highest BCUT2D eigenvalue weighted by atomic mass is 16.6. The normalized spacial score (nSPS) is 23.1. The van der Waals surface area contributed by atoms with Gasteiger partial charge in [0.1, 0.15) is 7.11 Å². The molecule has 0 aliphatic carbocycles. The molecule has 1 heterocycles. The summed E-state index contributed by atoms with van der Waals surface area (Å²) in [5.41, 5.74) is 1.54. The first-order valence-corrected chi connectivity index (χ1v) is 6.60. The smallest absolute Gasteiger partial charge is 0.407 e. The largest absolute Gasteiger partial charge is 0.465 e. The van der Waals surface area contributed by atoms with Crippen molar-refractivity contribution in [1.29, 1.82) is 0 Å². The number of carboxylic acid groups (broad SMARTS) is 1. The maximum absolute atomic E-state index is 11.5. The zero-order valence-corrected chi connectivity index (χ0v) is 12.0. The molecule has 108 valence electrons. The van der Waals surface area contributed by atoms with Gasteiger partial charge in [0.2, 0.25) is 0 Å². The minimum Gasteiger partial charge on any atom is -0.465 e. The van der Waals surface area contributed by atoms with Gasteiger partial charge in [-0.15, -0.1) is 0 Å². The highest BCUT2D eigenvalue weighted by molar-refractivity contribution is 5.96. The van der Waals surface area contributed by atoms with Crippen LogP contribution in [0.3, 0.4) is 0 Å². The molecule has 1 atom stereocenters. The van der Waals surface area contributed by atoms with E-state index in [1.807, 2.05) is 44.2 Å². The molecule has 5 nitrogen and oxygen atoms in total. The molecule has 20 heavy (non-hydrogen) atoms. The van der Waals surface area contributed by atoms with Gasteiger partial charge in [0.15, 0.2) is 0 Å². The second-order valence-corrected chi connectivity index (χ2v) is 5.56. The van der Waals surface area contributed by atoms with Crippen molar-refractivity contribution in [2.75, 3.05) is 13.7 Å². The Balaban J connectivity index is 2.31. The van der Waals surface area contributed by atoms with E-state index in [1.54, 1.807) is 0 Å². The molecule has 2 rings (SSSR count). The molecule has 1 unspecified atom stereocenters. The average Bonchev–Trinajstić information content (AvgIpc) is 2.65. The molecule has 5 heteroatoms. The van der Waals surface area contributed by atoms with Crippen LogP contribution in [0.15, 0.2) is 35.5 Å². The first-order valence-electron chi connectivity index (χ1n) is 6.60. The molecule has 1 fully saturated rings. The minimum atomic E-state index is -0.916. The third-order valence-electron chi connectivity index (χ3n) is 3.99. The molecule has 1 N–H and O–H groups in total. The summed E-state index contributed by atoms with van der Waals surface area (Å²) in [6.07, 6.45) is -0.247. The van der Waals surface area contributed by atoms with Crippen LogP contribution < -0.4 is 0 Å². The lowest BCUT2D eigenvalue weighted by atomic mass is 9.80. The number of oxime groups is 1. The van der Waals surface area contributed by atoms with Crippen molar-refractivity contribution in [2.45, 2.75) is 26.3 Å². The van der Waals surface area contributed by atoms with Gasteiger partial charge in [0, 0.05) is 11.5 Å². The van der Waals surface area contributed by atoms with Crippen molar-refractivity contribution in [1.82, 2.24) is 4.90 Å². The van der Waals surface area contributed by atoms with Gasteiger partial charge in [-0.05, 0) is 12.0 Å². The van der Waals surface area contributed by atoms with Gasteiger partial charge in [-0.3, -0.25) is 4.90 Å². The Labute approximate surface area is 118 Å². The number of amides is 1. The quantitative estimate of drug-likeness (QED) is 0.863. The Hall–Kier alpha value is -2.04. The van der Waals surface area contributed by atoms with Crippen LogP contribution in [-0.2, 0) is 11.3 Å². The molecule has 1 saturated heterocycles. The fourth-order valence-corrected chi connectivity index (χ4v) is 2.72. The van der Waals surface area contributed by atoms with Crippen molar-refractivity contribution in [2.24, 2.45) is 10.6 Å². The molecule has 1 aliphatic heterocycles. The van der Waals surface area contributed by atoms with Crippen molar-refractivity contribution in [3.8, 4) is 0 Å². The van der Waals surface area contributed by atoms with Crippen LogP contribution >= 0.6 is 0 Å². The number of benzene rings is 1. The van der Waals surface area contributed by atoms with E-state index in [0.29, 0.717) is 13.0 Å². The SMILES string of the molecule is CON=C1CN(C(=O)O)C(Cc2ccccc2)C1(C)C. The second-order valence-electron chi connectivity index (χ2n) is 5.56. The van der Waals surface area contributed by atoms with Crippen molar-refractivity contribution in [3.63, 3.8) is 0 Å². The van der Waals surface area contributed by atoms with Crippen molar-refractivity contribution >= 4 is 11.8 Å². The lowest BCUT2D eigenvalue weighted by molar-refractivity contribution is 0.124. The lowest BCUT2D eigenvalue weighted by Crippen LogP contribution is -2.41. The standard InChI is InChI=1S/C15H20N2O3/c1-15(2)12(16-20-3)10-17(14(18)19)13(15)9-11-7-5-4-6-8-11/h4-8,13H,9-10H2,1-3H3,(H,18,19). The molecule has 0 aromatic heterocycles. The molecule has 0 spiro atoms. The number of nitrogens with zero attached hydrogens (tertiary/aromatic N) is 2. The zero-order chi connectivity index (χ0) is 14.8. The molecule has 0 saturated carbocycles. The van der Waals surface area contributed by atoms with E-state index < -0.39 is 6.09 Å². The summed E-state index contributed by atoms with van der Waals surface area (Å²) in [4.78, 5) is 17.8. The Bertz CT molecular complexity index is 511. The van der Waals surface area contributed by atoms with Gasteiger partial charge in [0.25, 0.3) is 0 Å². The summed E-state index contributed by atoms with van der Waals surface area (Å²) in [5.74, 6) is 0. The Morgan fingerprint density at radius 1 is 1.45 bits per heavy atom. The molecule has 1 aromatic rings. The number of likely N-dealkylation sites (tertiary alicyclic amines) is 1. The number of hydrogen-bond donors (Lipinski definition) is 1. The molecular weight excluding hydrogens is 256 g/mol. The minimum absolute atomic E-state index is 0.142. The summed E-state index contributed by atoms with van der Waals surface area (Å²) in [6, 6.07) is 9.77. The first-order chi connectivity index (χ1) is 9.46. The number of rotatable bonds is 3. The highest BCUT2D eigenvalue weighted by Gasteiger charge is 2.48. The van der Waals surface area contributed by atoms with E-state index in [1.165, 1.54) is 12.0 Å². The average molecular weight is 276 g/mol. The van der Waals surface area contributed by atoms with E-state index >= 15 is 0 Å². The third-order valence-corrected chi connectivity index (χ3v) is 3.99. The summed E-state index contributed by atoms with van der Waals surface area (Å²) < 4.78 is 0. The molecule has 0 bridgehead atoms. The van der Waals surface area contributed by atoms with Crippen LogP contribution in [-0.4, -0.2) is 41.5 Å². The van der Waals surface area contributed by atoms with Crippen LogP contribution in [0.5, 0.6) is 0 Å². The van der Waals surface area contributed by atoms with E-state index in [2.05, 4.69) is 5.16 Å². The van der Waals surface area contributed by atoms with Crippen molar-refractivity contribution in [3.05, 3.63) is 35.9 Å². The molecule has 1 amide bonds. The number of hydrogen-bond acceptors (Lipinski definition) is 3. The summed E-state index contributed by atoms with van der Waals surface area (Å²) >= 11 is 0. The van der Waals surface area contributed by atoms with Crippen LogP contribution in [0.2, 0.25) is 0 Å². The Morgan fingerprint density at radius 3 is 2.65 bits per heavy atom. The van der Waals surface area contributed by atoms with Crippen LogP contribution in [0.25, 0.3) is 0 Å².